The number of rotatable bonds is 4. The Morgan fingerprint density at radius 2 is 2.16 bits per heavy atom. The van der Waals surface area contributed by atoms with Crippen LogP contribution in [-0.4, -0.2) is 36.0 Å². The van der Waals surface area contributed by atoms with E-state index in [2.05, 4.69) is 41.4 Å². The Morgan fingerprint density at radius 3 is 2.74 bits per heavy atom. The van der Waals surface area contributed by atoms with Gasteiger partial charge in [0.1, 0.15) is 0 Å². The first-order chi connectivity index (χ1) is 9.13. The number of nitrogens with zero attached hydrogens (tertiary/aromatic N) is 6. The van der Waals surface area contributed by atoms with Gasteiger partial charge in [0.2, 0.25) is 0 Å². The average Bonchev–Trinajstić information content (AvgIpc) is 2.99. The van der Waals surface area contributed by atoms with E-state index in [0.29, 0.717) is 5.92 Å². The first kappa shape index (κ1) is 13.4. The van der Waals surface area contributed by atoms with Crippen LogP contribution >= 0.6 is 0 Å². The second kappa shape index (κ2) is 5.73. The van der Waals surface area contributed by atoms with Crippen LogP contribution < -0.4 is 0 Å². The van der Waals surface area contributed by atoms with Crippen LogP contribution in [0.15, 0.2) is 12.4 Å². The van der Waals surface area contributed by atoms with Crippen molar-refractivity contribution in [2.24, 2.45) is 5.92 Å². The maximum atomic E-state index is 12.2. The fraction of sp³-hybridized carbons (Fsp3) is 0.583. The molecule has 0 aliphatic rings. The maximum Gasteiger partial charge on any atom is 0.372 e. The zero-order valence-corrected chi connectivity index (χ0v) is 11.4. The smallest absolute Gasteiger partial charge is 0.243 e. The molecule has 2 rings (SSSR count). The minimum Gasteiger partial charge on any atom is -0.243 e. The molecule has 0 saturated carbocycles. The van der Waals surface area contributed by atoms with E-state index in [0.717, 1.165) is 35.3 Å². The van der Waals surface area contributed by atoms with E-state index in [1.807, 2.05) is 0 Å². The molecule has 0 amide bonds. The summed E-state index contributed by atoms with van der Waals surface area (Å²) < 4.78 is 2.49. The molecule has 19 heavy (non-hydrogen) atoms. The lowest BCUT2D eigenvalue weighted by atomic mass is 10.1. The highest BCUT2D eigenvalue weighted by atomic mass is 16.2. The summed E-state index contributed by atoms with van der Waals surface area (Å²) in [4.78, 5) is 12.2. The summed E-state index contributed by atoms with van der Waals surface area (Å²) in [6.07, 6.45) is 5.49. The molecule has 0 aromatic carbocycles. The number of carbonyl (C=O) groups is 1. The quantitative estimate of drug-likeness (QED) is 0.835. The Bertz CT molecular complexity index is 543. The van der Waals surface area contributed by atoms with Crippen LogP contribution in [0.5, 0.6) is 0 Å². The van der Waals surface area contributed by atoms with Crippen molar-refractivity contribution in [1.29, 1.82) is 0 Å². The number of carbonyl (C=O) groups excluding carboxylic acids is 1. The second-order valence-electron chi connectivity index (χ2n) is 4.87. The summed E-state index contributed by atoms with van der Waals surface area (Å²) in [5.41, 5.74) is 1.77. The van der Waals surface area contributed by atoms with Crippen LogP contribution in [0.4, 0.5) is 4.79 Å². The van der Waals surface area contributed by atoms with E-state index in [-0.39, 0.29) is 6.03 Å². The summed E-state index contributed by atoms with van der Waals surface area (Å²) in [5, 5.41) is 15.4. The van der Waals surface area contributed by atoms with E-state index >= 15 is 0 Å². The molecule has 0 aliphatic carbocycles. The summed E-state index contributed by atoms with van der Waals surface area (Å²) in [6, 6.07) is -0.344. The molecule has 0 bridgehead atoms. The van der Waals surface area contributed by atoms with E-state index in [9.17, 15) is 4.79 Å². The molecule has 0 fully saturated rings. The van der Waals surface area contributed by atoms with Crippen LogP contribution in [0.1, 0.15) is 38.6 Å². The Hall–Kier alpha value is -2.05. The topological polar surface area (TPSA) is 78.5 Å². The monoisotopic (exact) mass is 262 g/mol. The van der Waals surface area contributed by atoms with Crippen LogP contribution in [0.25, 0.3) is 0 Å². The van der Waals surface area contributed by atoms with Crippen molar-refractivity contribution in [3.63, 3.8) is 0 Å². The van der Waals surface area contributed by atoms with Gasteiger partial charge >= 0.3 is 6.03 Å². The molecule has 102 valence electrons. The molecule has 0 N–H and O–H groups in total. The van der Waals surface area contributed by atoms with Gasteiger partial charge in [-0.15, -0.1) is 10.2 Å². The van der Waals surface area contributed by atoms with Crippen molar-refractivity contribution >= 4 is 6.03 Å². The van der Waals surface area contributed by atoms with Crippen LogP contribution in [0.3, 0.4) is 0 Å². The highest BCUT2D eigenvalue weighted by molar-refractivity contribution is 5.77. The average molecular weight is 262 g/mol. The van der Waals surface area contributed by atoms with Crippen molar-refractivity contribution in [1.82, 2.24) is 30.0 Å². The van der Waals surface area contributed by atoms with Crippen molar-refractivity contribution in [2.45, 2.75) is 40.0 Å². The van der Waals surface area contributed by atoms with E-state index in [1.165, 1.54) is 17.1 Å². The Morgan fingerprint density at radius 1 is 1.37 bits per heavy atom. The summed E-state index contributed by atoms with van der Waals surface area (Å²) in [6.45, 7) is 6.30. The molecule has 2 aromatic rings. The second-order valence-corrected chi connectivity index (χ2v) is 4.87. The molecule has 0 radical (unpaired) electrons. The van der Waals surface area contributed by atoms with E-state index in [1.54, 1.807) is 0 Å². The zero-order valence-electron chi connectivity index (χ0n) is 11.4. The number of hydrogen-bond donors (Lipinski definition) is 0. The predicted octanol–water partition coefficient (Wildman–Crippen LogP) is 1.54. The molecular weight excluding hydrogens is 244 g/mol. The van der Waals surface area contributed by atoms with Crippen LogP contribution in [-0.2, 0) is 12.8 Å². The van der Waals surface area contributed by atoms with E-state index < -0.39 is 0 Å². The molecule has 0 atom stereocenters. The van der Waals surface area contributed by atoms with Gasteiger partial charge in [-0.25, -0.2) is 4.79 Å². The predicted molar refractivity (Wildman–Crippen MR) is 68.8 cm³/mol. The van der Waals surface area contributed by atoms with Gasteiger partial charge in [-0.3, -0.25) is 0 Å². The lowest BCUT2D eigenvalue weighted by molar-refractivity contribution is 0.236. The number of aromatic nitrogens is 6. The molecule has 0 saturated heterocycles. The van der Waals surface area contributed by atoms with Gasteiger partial charge in [0.25, 0.3) is 0 Å². The van der Waals surface area contributed by atoms with Crippen LogP contribution in [0.2, 0.25) is 0 Å². The molecule has 0 unspecified atom stereocenters. The molecule has 0 aliphatic heterocycles. The molecular formula is C12H18N6O. The minimum atomic E-state index is -0.344. The third-order valence-electron chi connectivity index (χ3n) is 2.73. The third-order valence-corrected chi connectivity index (χ3v) is 2.73. The van der Waals surface area contributed by atoms with Gasteiger partial charge < -0.3 is 0 Å². The molecule has 2 heterocycles. The molecule has 2 aromatic heterocycles. The minimum absolute atomic E-state index is 0.344. The van der Waals surface area contributed by atoms with Gasteiger partial charge in [-0.05, 0) is 18.8 Å². The zero-order chi connectivity index (χ0) is 13.8. The molecule has 0 spiro atoms. The third kappa shape index (κ3) is 2.86. The highest BCUT2D eigenvalue weighted by Gasteiger charge is 2.19. The van der Waals surface area contributed by atoms with Gasteiger partial charge in [0.05, 0.1) is 23.8 Å². The summed E-state index contributed by atoms with van der Waals surface area (Å²) in [5.74, 6) is 0.474. The lowest BCUT2D eigenvalue weighted by Crippen LogP contribution is -2.23. The van der Waals surface area contributed by atoms with Gasteiger partial charge in [-0.1, -0.05) is 37.6 Å². The molecule has 7 heteroatoms. The normalized spacial score (nSPS) is 11.2. The summed E-state index contributed by atoms with van der Waals surface area (Å²) in [7, 11) is 0. The van der Waals surface area contributed by atoms with Crippen molar-refractivity contribution in [2.75, 3.05) is 0 Å². The first-order valence-corrected chi connectivity index (χ1v) is 6.48. The lowest BCUT2D eigenvalue weighted by Gasteiger charge is -2.06. The fourth-order valence-electron chi connectivity index (χ4n) is 1.93. The number of hydrogen-bond acceptors (Lipinski definition) is 5. The van der Waals surface area contributed by atoms with Crippen molar-refractivity contribution < 1.29 is 4.79 Å². The Labute approximate surface area is 111 Å². The first-order valence-electron chi connectivity index (χ1n) is 6.48. The van der Waals surface area contributed by atoms with Gasteiger partial charge in [0, 0.05) is 0 Å². The van der Waals surface area contributed by atoms with Crippen molar-refractivity contribution in [3.05, 3.63) is 23.8 Å². The largest absolute Gasteiger partial charge is 0.372 e. The maximum absolute atomic E-state index is 12.2. The fourth-order valence-corrected chi connectivity index (χ4v) is 1.93. The Balaban J connectivity index is 2.34. The standard InChI is InChI=1S/C12H18N6O/c1-4-5-11-10(8-9(2)3)14-16-18(11)12(19)17-7-6-13-15-17/h6-7,9H,4-5,8H2,1-3H3. The SMILES string of the molecule is CCCc1c(CC(C)C)nnn1C(=O)n1ccnn1. The van der Waals surface area contributed by atoms with Crippen molar-refractivity contribution in [3.8, 4) is 0 Å². The highest BCUT2D eigenvalue weighted by Crippen LogP contribution is 2.13. The summed E-state index contributed by atoms with van der Waals surface area (Å²) >= 11 is 0. The van der Waals surface area contributed by atoms with Gasteiger partial charge in [-0.2, -0.15) is 9.36 Å². The van der Waals surface area contributed by atoms with Gasteiger partial charge in [0.15, 0.2) is 0 Å². The molecule has 7 nitrogen and oxygen atoms in total. The van der Waals surface area contributed by atoms with E-state index in [4.69, 9.17) is 0 Å². The Kier molecular flexibility index (Phi) is 4.03. The van der Waals surface area contributed by atoms with Crippen LogP contribution in [0, 0.1) is 5.92 Å².